The van der Waals surface area contributed by atoms with Gasteiger partial charge in [-0.05, 0) is 24.6 Å². The standard InChI is InChI=1S/C13H14F3N3O3/c1-2-12(22)7-19(10(18-12)17-11(20)21)9-5-3-4-8(6-9)13(14,15)16/h3-6,22H,2,7H2,1H3,(H,17,18)(H,20,21). The lowest BCUT2D eigenvalue weighted by molar-refractivity contribution is -0.137. The first-order chi connectivity index (χ1) is 10.1. The van der Waals surface area contributed by atoms with Gasteiger partial charge in [0.1, 0.15) is 0 Å². The number of halogens is 3. The highest BCUT2D eigenvalue weighted by Gasteiger charge is 2.40. The number of benzene rings is 1. The first-order valence-electron chi connectivity index (χ1n) is 6.41. The normalized spacial score (nSPS) is 23.7. The van der Waals surface area contributed by atoms with Crippen LogP contribution in [0.3, 0.4) is 0 Å². The van der Waals surface area contributed by atoms with E-state index in [0.717, 1.165) is 12.1 Å². The summed E-state index contributed by atoms with van der Waals surface area (Å²) >= 11 is 0. The third kappa shape index (κ3) is 3.30. The Hall–Kier alpha value is -2.29. The molecule has 1 atom stereocenters. The molecule has 0 radical (unpaired) electrons. The molecule has 1 unspecified atom stereocenters. The summed E-state index contributed by atoms with van der Waals surface area (Å²) in [5.41, 5.74) is -2.24. The third-order valence-electron chi connectivity index (χ3n) is 3.29. The number of hydrogen-bond acceptors (Lipinski definition) is 2. The van der Waals surface area contributed by atoms with Crippen LogP contribution in [0.15, 0.2) is 29.3 Å². The van der Waals surface area contributed by atoms with E-state index in [1.807, 2.05) is 0 Å². The van der Waals surface area contributed by atoms with Crippen molar-refractivity contribution in [2.24, 2.45) is 4.99 Å². The zero-order valence-electron chi connectivity index (χ0n) is 11.6. The topological polar surface area (TPSA) is 85.2 Å². The Morgan fingerprint density at radius 2 is 2.18 bits per heavy atom. The minimum absolute atomic E-state index is 0.0895. The Morgan fingerprint density at radius 3 is 2.73 bits per heavy atom. The molecule has 1 amide bonds. The Bertz CT molecular complexity index is 618. The fourth-order valence-corrected chi connectivity index (χ4v) is 2.09. The number of rotatable bonds is 2. The molecule has 1 aromatic carbocycles. The van der Waals surface area contributed by atoms with Crippen molar-refractivity contribution in [3.05, 3.63) is 29.8 Å². The third-order valence-corrected chi connectivity index (χ3v) is 3.29. The lowest BCUT2D eigenvalue weighted by Gasteiger charge is -2.21. The smallest absolute Gasteiger partial charge is 0.434 e. The lowest BCUT2D eigenvalue weighted by atomic mass is 10.1. The van der Waals surface area contributed by atoms with E-state index in [1.54, 1.807) is 6.92 Å². The molecule has 3 N–H and O–H groups in total. The number of β-amino-alcohol motifs (C(OH)–C–C–N with tert-alkyl or cyclic N) is 1. The maximum Gasteiger partial charge on any atom is 0.434 e. The van der Waals surface area contributed by atoms with Gasteiger partial charge < -0.3 is 20.4 Å². The molecule has 1 aliphatic rings. The number of carboxylic acid groups (broad SMARTS) is 1. The van der Waals surface area contributed by atoms with Gasteiger partial charge in [0.2, 0.25) is 5.96 Å². The molecule has 2 rings (SSSR count). The fourth-order valence-electron chi connectivity index (χ4n) is 2.09. The number of alkyl halides is 3. The number of nitrogens with one attached hydrogen (secondary N) is 1. The van der Waals surface area contributed by atoms with E-state index in [0.29, 0.717) is 0 Å². The van der Waals surface area contributed by atoms with Crippen molar-refractivity contribution < 1.29 is 28.2 Å². The zero-order chi connectivity index (χ0) is 16.5. The maximum atomic E-state index is 12.8. The molecule has 1 heterocycles. The molecule has 0 aliphatic carbocycles. The van der Waals surface area contributed by atoms with E-state index in [2.05, 4.69) is 10.3 Å². The monoisotopic (exact) mass is 317 g/mol. The Balaban J connectivity index is 2.43. The molecule has 9 heteroatoms. The number of amides is 1. The summed E-state index contributed by atoms with van der Waals surface area (Å²) in [4.78, 5) is 15.2. The second kappa shape index (κ2) is 5.48. The van der Waals surface area contributed by atoms with Gasteiger partial charge in [0.15, 0.2) is 5.72 Å². The van der Waals surface area contributed by atoms with Crippen molar-refractivity contribution in [1.29, 1.82) is 0 Å². The summed E-state index contributed by atoms with van der Waals surface area (Å²) in [6.07, 6.45) is -5.81. The van der Waals surface area contributed by atoms with Gasteiger partial charge in [0, 0.05) is 5.69 Å². The average Bonchev–Trinajstić information content (AvgIpc) is 2.75. The molecule has 0 saturated carbocycles. The summed E-state index contributed by atoms with van der Waals surface area (Å²) in [7, 11) is 0. The van der Waals surface area contributed by atoms with Gasteiger partial charge >= 0.3 is 12.3 Å². The van der Waals surface area contributed by atoms with Gasteiger partial charge in [0.05, 0.1) is 12.1 Å². The molecule has 1 aromatic rings. The van der Waals surface area contributed by atoms with Crippen LogP contribution in [0.2, 0.25) is 0 Å². The Labute approximate surface area is 123 Å². The van der Waals surface area contributed by atoms with Crippen LogP contribution in [-0.4, -0.2) is 34.5 Å². The highest BCUT2D eigenvalue weighted by atomic mass is 19.4. The summed E-state index contributed by atoms with van der Waals surface area (Å²) in [6.45, 7) is 1.54. The predicted molar refractivity (Wildman–Crippen MR) is 72.6 cm³/mol. The van der Waals surface area contributed by atoms with E-state index in [-0.39, 0.29) is 24.6 Å². The highest BCUT2D eigenvalue weighted by Crippen LogP contribution is 2.33. The minimum atomic E-state index is -4.52. The van der Waals surface area contributed by atoms with Gasteiger partial charge in [-0.2, -0.15) is 13.2 Å². The number of guanidine groups is 1. The SMILES string of the molecule is CCC1(O)CN(c2cccc(C(F)(F)F)c2)/C(=N/C(=O)O)N1. The molecule has 0 aromatic heterocycles. The molecular formula is C13H14F3N3O3. The van der Waals surface area contributed by atoms with E-state index < -0.39 is 23.6 Å². The Kier molecular flexibility index (Phi) is 4.01. The molecule has 120 valence electrons. The summed E-state index contributed by atoms with van der Waals surface area (Å²) in [5, 5.41) is 21.5. The Morgan fingerprint density at radius 1 is 1.50 bits per heavy atom. The first-order valence-corrected chi connectivity index (χ1v) is 6.41. The van der Waals surface area contributed by atoms with Crippen LogP contribution in [0.25, 0.3) is 0 Å². The predicted octanol–water partition coefficient (Wildman–Crippen LogP) is 2.25. The molecule has 1 aliphatic heterocycles. The van der Waals surface area contributed by atoms with Crippen LogP contribution in [0.1, 0.15) is 18.9 Å². The van der Waals surface area contributed by atoms with Crippen LogP contribution >= 0.6 is 0 Å². The molecule has 1 saturated heterocycles. The van der Waals surface area contributed by atoms with E-state index in [1.165, 1.54) is 17.0 Å². The second-order valence-corrected chi connectivity index (χ2v) is 4.86. The lowest BCUT2D eigenvalue weighted by Crippen LogP contribution is -2.42. The highest BCUT2D eigenvalue weighted by molar-refractivity contribution is 6.03. The van der Waals surface area contributed by atoms with Gasteiger partial charge in [-0.15, -0.1) is 4.99 Å². The quantitative estimate of drug-likeness (QED) is 0.779. The number of hydrogen-bond donors (Lipinski definition) is 3. The fraction of sp³-hybridized carbons (Fsp3) is 0.385. The number of nitrogens with zero attached hydrogens (tertiary/aromatic N) is 2. The summed E-state index contributed by atoms with van der Waals surface area (Å²) in [6, 6.07) is 4.38. The molecule has 1 fully saturated rings. The first kappa shape index (κ1) is 16.1. The van der Waals surface area contributed by atoms with Crippen molar-refractivity contribution in [2.45, 2.75) is 25.2 Å². The second-order valence-electron chi connectivity index (χ2n) is 4.86. The molecule has 22 heavy (non-hydrogen) atoms. The number of anilines is 1. The summed E-state index contributed by atoms with van der Waals surface area (Å²) in [5.74, 6) is -0.212. The average molecular weight is 317 g/mol. The number of carbonyl (C=O) groups is 1. The maximum absolute atomic E-state index is 12.8. The van der Waals surface area contributed by atoms with Crippen LogP contribution in [0.5, 0.6) is 0 Å². The van der Waals surface area contributed by atoms with E-state index in [4.69, 9.17) is 5.11 Å². The number of aliphatic imine (C=N–C) groups is 1. The van der Waals surface area contributed by atoms with E-state index in [9.17, 15) is 23.1 Å². The summed E-state index contributed by atoms with van der Waals surface area (Å²) < 4.78 is 38.3. The van der Waals surface area contributed by atoms with Gasteiger partial charge in [-0.1, -0.05) is 13.0 Å². The van der Waals surface area contributed by atoms with Crippen molar-refractivity contribution in [3.63, 3.8) is 0 Å². The van der Waals surface area contributed by atoms with Crippen LogP contribution in [0, 0.1) is 0 Å². The van der Waals surface area contributed by atoms with Crippen molar-refractivity contribution in [1.82, 2.24) is 5.32 Å². The van der Waals surface area contributed by atoms with Gasteiger partial charge in [-0.25, -0.2) is 4.79 Å². The van der Waals surface area contributed by atoms with Gasteiger partial charge in [-0.3, -0.25) is 0 Å². The minimum Gasteiger partial charge on any atom is -0.463 e. The van der Waals surface area contributed by atoms with Crippen LogP contribution in [0.4, 0.5) is 23.7 Å². The molecule has 0 bridgehead atoms. The molecule has 6 nitrogen and oxygen atoms in total. The van der Waals surface area contributed by atoms with Crippen LogP contribution < -0.4 is 10.2 Å². The van der Waals surface area contributed by atoms with Crippen molar-refractivity contribution in [2.75, 3.05) is 11.4 Å². The van der Waals surface area contributed by atoms with E-state index >= 15 is 0 Å². The van der Waals surface area contributed by atoms with Crippen LogP contribution in [-0.2, 0) is 6.18 Å². The number of aliphatic hydroxyl groups is 1. The molecule has 0 spiro atoms. The van der Waals surface area contributed by atoms with Gasteiger partial charge in [0.25, 0.3) is 0 Å². The zero-order valence-corrected chi connectivity index (χ0v) is 11.6. The van der Waals surface area contributed by atoms with Crippen molar-refractivity contribution in [3.8, 4) is 0 Å². The van der Waals surface area contributed by atoms with Crippen molar-refractivity contribution >= 4 is 17.7 Å². The largest absolute Gasteiger partial charge is 0.463 e. The molecular weight excluding hydrogens is 303 g/mol.